The number of pyridine rings is 4. The van der Waals surface area contributed by atoms with E-state index in [1.54, 1.807) is 12.4 Å². The number of benzene rings is 5. The van der Waals surface area contributed by atoms with Gasteiger partial charge in [0.2, 0.25) is 0 Å². The number of rotatable bonds is 6. The second kappa shape index (κ2) is 13.0. The average molecular weight is 697 g/mol. The van der Waals surface area contributed by atoms with Crippen LogP contribution in [0, 0.1) is 0 Å². The predicted octanol–water partition coefficient (Wildman–Crippen LogP) is 11.6. The van der Waals surface area contributed by atoms with E-state index < -0.39 is 0 Å². The van der Waals surface area contributed by atoms with Gasteiger partial charge in [0.25, 0.3) is 0 Å². The molecule has 5 aromatic heterocycles. The summed E-state index contributed by atoms with van der Waals surface area (Å²) in [5.74, 6) is 0. The summed E-state index contributed by atoms with van der Waals surface area (Å²) in [6.45, 7) is 0. The van der Waals surface area contributed by atoms with Crippen molar-refractivity contribution in [3.63, 3.8) is 0 Å². The number of hydrogen-bond acceptors (Lipinski definition) is 7. The lowest BCUT2D eigenvalue weighted by Crippen LogP contribution is -1.94. The normalized spacial score (nSPS) is 11.4. The summed E-state index contributed by atoms with van der Waals surface area (Å²) in [7, 11) is 0. The molecule has 0 atom stereocenters. The molecule has 10 rings (SSSR count). The largest absolute Gasteiger partial charge is 0.255 e. The Balaban J connectivity index is 1.12. The van der Waals surface area contributed by atoms with Crippen LogP contribution in [0.2, 0.25) is 0 Å². The molecule has 0 saturated heterocycles. The maximum absolute atomic E-state index is 5.29. The van der Waals surface area contributed by atoms with Crippen LogP contribution in [0.1, 0.15) is 0 Å². The Morgan fingerprint density at radius 3 is 1.60 bits per heavy atom. The highest BCUT2D eigenvalue weighted by Gasteiger charge is 2.20. The van der Waals surface area contributed by atoms with Gasteiger partial charge >= 0.3 is 0 Å². The summed E-state index contributed by atoms with van der Waals surface area (Å²) in [6, 6.07) is 54.3. The lowest BCUT2D eigenvalue weighted by Gasteiger charge is -2.14. The average Bonchev–Trinajstić information content (AvgIpc) is 3.74. The molecular weight excluding hydrogens is 669 g/mol. The van der Waals surface area contributed by atoms with Gasteiger partial charge in [-0.05, 0) is 82.4 Å². The van der Waals surface area contributed by atoms with E-state index in [0.717, 1.165) is 100 Å². The van der Waals surface area contributed by atoms with Crippen LogP contribution < -0.4 is 0 Å². The third-order valence-electron chi connectivity index (χ3n) is 9.66. The second-order valence-corrected chi connectivity index (χ2v) is 13.4. The van der Waals surface area contributed by atoms with E-state index >= 15 is 0 Å². The Hall–Kier alpha value is -6.96. The number of aromatic nitrogens is 6. The molecule has 6 nitrogen and oxygen atoms in total. The molecule has 0 saturated carbocycles. The van der Waals surface area contributed by atoms with Gasteiger partial charge in [0, 0.05) is 39.7 Å². The molecule has 10 aromatic rings. The van der Waals surface area contributed by atoms with E-state index in [1.165, 1.54) is 11.7 Å². The zero-order valence-corrected chi connectivity index (χ0v) is 29.1. The molecule has 0 bridgehead atoms. The van der Waals surface area contributed by atoms with Crippen molar-refractivity contribution in [1.29, 1.82) is 0 Å². The van der Waals surface area contributed by atoms with Gasteiger partial charge in [-0.3, -0.25) is 9.97 Å². The van der Waals surface area contributed by atoms with Crippen molar-refractivity contribution in [3.8, 4) is 67.4 Å². The standard InChI is InChI=1S/C46H28N6S/c1-3-11-31(12-4-1)35-28-37-43(46-45(35)51-53-52-46)36-25-33(21-22-38(36)50-44(37)32-13-5-2-6-14-32)29-17-19-30(20-18-29)34-26-41(39-15-7-9-23-47-39)49-42(27-34)40-16-8-10-24-48-40/h1-28H. The second-order valence-electron chi connectivity index (χ2n) is 12.9. The first-order chi connectivity index (χ1) is 26.3. The Bertz CT molecular complexity index is 2860. The monoisotopic (exact) mass is 696 g/mol. The molecule has 0 N–H and O–H groups in total. The Morgan fingerprint density at radius 1 is 0.377 bits per heavy atom. The van der Waals surface area contributed by atoms with Crippen molar-refractivity contribution >= 4 is 44.4 Å². The first-order valence-electron chi connectivity index (χ1n) is 17.4. The molecule has 0 aliphatic rings. The summed E-state index contributed by atoms with van der Waals surface area (Å²) in [6.07, 6.45) is 3.59. The lowest BCUT2D eigenvalue weighted by atomic mass is 9.92. The summed E-state index contributed by atoms with van der Waals surface area (Å²) >= 11 is 1.25. The molecule has 0 aliphatic carbocycles. The molecule has 53 heavy (non-hydrogen) atoms. The zero-order valence-electron chi connectivity index (χ0n) is 28.3. The maximum Gasteiger partial charge on any atom is 0.114 e. The van der Waals surface area contributed by atoms with E-state index in [2.05, 4.69) is 119 Å². The van der Waals surface area contributed by atoms with Crippen molar-refractivity contribution in [3.05, 3.63) is 170 Å². The van der Waals surface area contributed by atoms with Crippen LogP contribution in [-0.2, 0) is 0 Å². The van der Waals surface area contributed by atoms with Crippen LogP contribution in [0.25, 0.3) is 100 Å². The third kappa shape index (κ3) is 5.60. The molecule has 0 radical (unpaired) electrons. The summed E-state index contributed by atoms with van der Waals surface area (Å²) in [5.41, 5.74) is 14.4. The van der Waals surface area contributed by atoms with Crippen LogP contribution in [0.4, 0.5) is 0 Å². The maximum atomic E-state index is 5.29. The minimum atomic E-state index is 0.801. The van der Waals surface area contributed by atoms with Crippen LogP contribution >= 0.6 is 11.7 Å². The molecule has 5 aromatic carbocycles. The molecule has 0 fully saturated rings. The minimum absolute atomic E-state index is 0.801. The Labute approximate surface area is 309 Å². The first-order valence-corrected chi connectivity index (χ1v) is 18.1. The number of fused-ring (bicyclic) bond motifs is 5. The summed E-state index contributed by atoms with van der Waals surface area (Å²) < 4.78 is 9.73. The van der Waals surface area contributed by atoms with Crippen LogP contribution in [-0.4, -0.2) is 28.7 Å². The predicted molar refractivity (Wildman–Crippen MR) is 216 cm³/mol. The highest BCUT2D eigenvalue weighted by molar-refractivity contribution is 7.00. The molecular formula is C46H28N6S. The molecule has 0 amide bonds. The highest BCUT2D eigenvalue weighted by Crippen LogP contribution is 2.42. The first kappa shape index (κ1) is 30.8. The number of hydrogen-bond donors (Lipinski definition) is 0. The zero-order chi connectivity index (χ0) is 35.1. The molecule has 0 spiro atoms. The van der Waals surface area contributed by atoms with E-state index in [1.807, 2.05) is 48.5 Å². The van der Waals surface area contributed by atoms with Gasteiger partial charge in [-0.25, -0.2) is 9.97 Å². The van der Waals surface area contributed by atoms with Gasteiger partial charge in [-0.15, -0.1) is 0 Å². The Kier molecular flexibility index (Phi) is 7.55. The molecule has 248 valence electrons. The van der Waals surface area contributed by atoms with Gasteiger partial charge in [0.1, 0.15) is 11.0 Å². The molecule has 0 unspecified atom stereocenters. The van der Waals surface area contributed by atoms with Gasteiger partial charge < -0.3 is 0 Å². The van der Waals surface area contributed by atoms with E-state index in [9.17, 15) is 0 Å². The van der Waals surface area contributed by atoms with Gasteiger partial charge in [-0.2, -0.15) is 8.75 Å². The van der Waals surface area contributed by atoms with Crippen molar-refractivity contribution < 1.29 is 0 Å². The van der Waals surface area contributed by atoms with Crippen LogP contribution in [0.15, 0.2) is 170 Å². The smallest absolute Gasteiger partial charge is 0.114 e. The van der Waals surface area contributed by atoms with E-state index in [0.29, 0.717) is 0 Å². The van der Waals surface area contributed by atoms with Crippen LogP contribution in [0.3, 0.4) is 0 Å². The fourth-order valence-corrected chi connectivity index (χ4v) is 7.66. The topological polar surface area (TPSA) is 77.3 Å². The number of nitrogens with zero attached hydrogens (tertiary/aromatic N) is 6. The van der Waals surface area contributed by atoms with Crippen LogP contribution in [0.5, 0.6) is 0 Å². The Morgan fingerprint density at radius 2 is 0.962 bits per heavy atom. The molecule has 5 heterocycles. The SMILES string of the molecule is c1ccc(-c2nc3ccc(-c4ccc(-c5cc(-c6ccccn6)nc(-c6ccccn6)c5)cc4)cc3c3c2cc(-c2ccccc2)c2nsnc23)cc1. The molecule has 0 aliphatic heterocycles. The van der Waals surface area contributed by atoms with Gasteiger partial charge in [-0.1, -0.05) is 103 Å². The summed E-state index contributed by atoms with van der Waals surface area (Å²) in [4.78, 5) is 19.4. The third-order valence-corrected chi connectivity index (χ3v) is 10.2. The van der Waals surface area contributed by atoms with Crippen molar-refractivity contribution in [2.24, 2.45) is 0 Å². The van der Waals surface area contributed by atoms with E-state index in [4.69, 9.17) is 18.7 Å². The fraction of sp³-hybridized carbons (Fsp3) is 0. The van der Waals surface area contributed by atoms with Gasteiger partial charge in [0.05, 0.1) is 45.7 Å². The van der Waals surface area contributed by atoms with Crippen molar-refractivity contribution in [2.75, 3.05) is 0 Å². The minimum Gasteiger partial charge on any atom is -0.255 e. The van der Waals surface area contributed by atoms with E-state index in [-0.39, 0.29) is 0 Å². The quantitative estimate of drug-likeness (QED) is 0.161. The van der Waals surface area contributed by atoms with Crippen molar-refractivity contribution in [2.45, 2.75) is 0 Å². The summed E-state index contributed by atoms with van der Waals surface area (Å²) in [5, 5.41) is 3.17. The van der Waals surface area contributed by atoms with Gasteiger partial charge in [0.15, 0.2) is 0 Å². The fourth-order valence-electron chi connectivity index (χ4n) is 7.09. The lowest BCUT2D eigenvalue weighted by molar-refractivity contribution is 1.22. The van der Waals surface area contributed by atoms with Crippen molar-refractivity contribution in [1.82, 2.24) is 28.7 Å². The molecule has 7 heteroatoms. The highest BCUT2D eigenvalue weighted by atomic mass is 32.1.